The van der Waals surface area contributed by atoms with Crippen LogP contribution in [-0.4, -0.2) is 20.4 Å². The predicted molar refractivity (Wildman–Crippen MR) is 105 cm³/mol. The first-order chi connectivity index (χ1) is 12.3. The lowest BCUT2D eigenvalue weighted by molar-refractivity contribution is -0.117. The Morgan fingerprint density at radius 1 is 1.04 bits per heavy atom. The highest BCUT2D eigenvalue weighted by atomic mass is 32.2. The van der Waals surface area contributed by atoms with E-state index in [2.05, 4.69) is 17.0 Å². The van der Waals surface area contributed by atoms with Crippen LogP contribution < -0.4 is 10.0 Å². The van der Waals surface area contributed by atoms with E-state index in [1.165, 1.54) is 24.6 Å². The van der Waals surface area contributed by atoms with Crippen molar-refractivity contribution in [1.82, 2.24) is 4.72 Å². The van der Waals surface area contributed by atoms with Gasteiger partial charge in [-0.3, -0.25) is 4.79 Å². The lowest BCUT2D eigenvalue weighted by atomic mass is 10.1. The van der Waals surface area contributed by atoms with Crippen molar-refractivity contribution in [3.05, 3.63) is 59.7 Å². The summed E-state index contributed by atoms with van der Waals surface area (Å²) in [5, 5.41) is 2.74. The van der Waals surface area contributed by atoms with E-state index in [1.54, 1.807) is 12.1 Å². The first-order valence-electron chi connectivity index (χ1n) is 8.80. The van der Waals surface area contributed by atoms with E-state index in [1.807, 2.05) is 31.2 Å². The van der Waals surface area contributed by atoms with E-state index in [4.69, 9.17) is 0 Å². The molecule has 0 aromatic heterocycles. The number of carbonyl (C=O) groups is 1. The molecular weight excluding hydrogens is 348 g/mol. The number of hydrogen-bond acceptors (Lipinski definition) is 3. The van der Waals surface area contributed by atoms with Crippen LogP contribution in [0, 0.1) is 6.92 Å². The number of amides is 1. The zero-order valence-electron chi connectivity index (χ0n) is 15.5. The maximum Gasteiger partial charge on any atom is 0.242 e. The van der Waals surface area contributed by atoms with Gasteiger partial charge < -0.3 is 5.32 Å². The Kier molecular flexibility index (Phi) is 6.94. The molecule has 6 heteroatoms. The number of benzene rings is 2. The van der Waals surface area contributed by atoms with Gasteiger partial charge in [-0.15, -0.1) is 0 Å². The average Bonchev–Trinajstić information content (AvgIpc) is 2.61. The molecule has 0 unspecified atom stereocenters. The third kappa shape index (κ3) is 5.68. The van der Waals surface area contributed by atoms with Crippen molar-refractivity contribution in [2.45, 2.75) is 51.0 Å². The highest BCUT2D eigenvalue weighted by Gasteiger charge is 2.22. The maximum atomic E-state index is 12.4. The molecule has 0 heterocycles. The molecule has 1 amide bonds. The molecule has 5 nitrogen and oxygen atoms in total. The number of rotatable bonds is 8. The van der Waals surface area contributed by atoms with E-state index < -0.39 is 22.0 Å². The summed E-state index contributed by atoms with van der Waals surface area (Å²) in [7, 11) is -3.74. The molecule has 0 aliphatic rings. The van der Waals surface area contributed by atoms with Gasteiger partial charge in [-0.25, -0.2) is 8.42 Å². The summed E-state index contributed by atoms with van der Waals surface area (Å²) < 4.78 is 27.1. The van der Waals surface area contributed by atoms with Crippen LogP contribution in [-0.2, 0) is 21.2 Å². The van der Waals surface area contributed by atoms with Crippen molar-refractivity contribution in [2.75, 3.05) is 5.32 Å². The highest BCUT2D eigenvalue weighted by Crippen LogP contribution is 2.13. The molecule has 2 N–H and O–H groups in total. The molecule has 0 aliphatic carbocycles. The van der Waals surface area contributed by atoms with Gasteiger partial charge in [-0.2, -0.15) is 4.72 Å². The Morgan fingerprint density at radius 3 is 2.23 bits per heavy atom. The number of nitrogens with one attached hydrogen (secondary N) is 2. The molecule has 2 aromatic rings. The van der Waals surface area contributed by atoms with E-state index in [-0.39, 0.29) is 4.90 Å². The Balaban J connectivity index is 1.97. The zero-order chi connectivity index (χ0) is 19.2. The number of aryl methyl sites for hydroxylation is 2. The molecule has 0 radical (unpaired) electrons. The van der Waals surface area contributed by atoms with Crippen LogP contribution in [0.4, 0.5) is 5.69 Å². The van der Waals surface area contributed by atoms with Gasteiger partial charge in [0.15, 0.2) is 0 Å². The van der Waals surface area contributed by atoms with Gasteiger partial charge in [-0.1, -0.05) is 43.2 Å². The van der Waals surface area contributed by atoms with Gasteiger partial charge in [-0.05, 0) is 56.5 Å². The number of carbonyl (C=O) groups excluding carboxylic acids is 1. The lowest BCUT2D eigenvalue weighted by Crippen LogP contribution is -2.41. The Morgan fingerprint density at radius 2 is 1.65 bits per heavy atom. The molecule has 0 fully saturated rings. The predicted octanol–water partition coefficient (Wildman–Crippen LogP) is 3.64. The van der Waals surface area contributed by atoms with Crippen LogP contribution in [0.2, 0.25) is 0 Å². The number of sulfonamides is 1. The van der Waals surface area contributed by atoms with Gasteiger partial charge in [0.25, 0.3) is 0 Å². The number of hydrogen-bond donors (Lipinski definition) is 2. The van der Waals surface area contributed by atoms with Crippen LogP contribution >= 0.6 is 0 Å². The minimum absolute atomic E-state index is 0.142. The van der Waals surface area contributed by atoms with Crippen molar-refractivity contribution in [1.29, 1.82) is 0 Å². The Hall–Kier alpha value is -2.18. The molecule has 0 saturated heterocycles. The molecule has 1 atom stereocenters. The highest BCUT2D eigenvalue weighted by molar-refractivity contribution is 7.89. The van der Waals surface area contributed by atoms with E-state index in [0.717, 1.165) is 24.8 Å². The Bertz CT molecular complexity index is 828. The minimum Gasteiger partial charge on any atom is -0.325 e. The molecule has 26 heavy (non-hydrogen) atoms. The maximum absolute atomic E-state index is 12.4. The fraction of sp³-hybridized carbons (Fsp3) is 0.350. The van der Waals surface area contributed by atoms with Gasteiger partial charge >= 0.3 is 0 Å². The molecule has 2 aromatic carbocycles. The van der Waals surface area contributed by atoms with Crippen molar-refractivity contribution in [2.24, 2.45) is 0 Å². The third-order valence-electron chi connectivity index (χ3n) is 4.10. The molecule has 0 saturated carbocycles. The van der Waals surface area contributed by atoms with Crippen molar-refractivity contribution < 1.29 is 13.2 Å². The lowest BCUT2D eigenvalue weighted by Gasteiger charge is -2.15. The standard InChI is InChI=1S/C20H26N2O3S/c1-4-5-6-17-9-11-18(12-10-17)21-20(23)16(3)22-26(24,25)19-13-7-15(2)8-14-19/h7-14,16,22H,4-6H2,1-3H3,(H,21,23)/t16-/m0/s1. The minimum atomic E-state index is -3.74. The van der Waals surface area contributed by atoms with Crippen LogP contribution in [0.3, 0.4) is 0 Å². The fourth-order valence-corrected chi connectivity index (χ4v) is 3.66. The van der Waals surface area contributed by atoms with Gasteiger partial charge in [0.1, 0.15) is 0 Å². The molecule has 0 aliphatic heterocycles. The van der Waals surface area contributed by atoms with Crippen LogP contribution in [0.25, 0.3) is 0 Å². The molecule has 2 rings (SSSR count). The smallest absolute Gasteiger partial charge is 0.242 e. The van der Waals surface area contributed by atoms with E-state index >= 15 is 0 Å². The monoisotopic (exact) mass is 374 g/mol. The quantitative estimate of drug-likeness (QED) is 0.741. The Labute approximate surface area is 155 Å². The molecular formula is C20H26N2O3S. The average molecular weight is 375 g/mol. The van der Waals surface area contributed by atoms with Crippen molar-refractivity contribution in [3.8, 4) is 0 Å². The fourth-order valence-electron chi connectivity index (χ4n) is 2.46. The van der Waals surface area contributed by atoms with Crippen LogP contribution in [0.15, 0.2) is 53.4 Å². The summed E-state index contributed by atoms with van der Waals surface area (Å²) >= 11 is 0. The van der Waals surface area contributed by atoms with E-state index in [0.29, 0.717) is 5.69 Å². The van der Waals surface area contributed by atoms with Crippen LogP contribution in [0.1, 0.15) is 37.8 Å². The third-order valence-corrected chi connectivity index (χ3v) is 5.65. The molecule has 0 bridgehead atoms. The second-order valence-electron chi connectivity index (χ2n) is 6.45. The topological polar surface area (TPSA) is 75.3 Å². The summed E-state index contributed by atoms with van der Waals surface area (Å²) in [5.41, 5.74) is 2.84. The van der Waals surface area contributed by atoms with Gasteiger partial charge in [0.05, 0.1) is 10.9 Å². The van der Waals surface area contributed by atoms with Gasteiger partial charge in [0.2, 0.25) is 15.9 Å². The molecule has 0 spiro atoms. The zero-order valence-corrected chi connectivity index (χ0v) is 16.3. The summed E-state index contributed by atoms with van der Waals surface area (Å²) in [6, 6.07) is 13.2. The normalized spacial score (nSPS) is 12.6. The summed E-state index contributed by atoms with van der Waals surface area (Å²) in [4.78, 5) is 12.4. The largest absolute Gasteiger partial charge is 0.325 e. The van der Waals surface area contributed by atoms with Crippen molar-refractivity contribution >= 4 is 21.6 Å². The SMILES string of the molecule is CCCCc1ccc(NC(=O)[C@H](C)NS(=O)(=O)c2ccc(C)cc2)cc1. The molecule has 140 valence electrons. The second kappa shape index (κ2) is 8.96. The van der Waals surface area contributed by atoms with Crippen LogP contribution in [0.5, 0.6) is 0 Å². The summed E-state index contributed by atoms with van der Waals surface area (Å²) in [6.45, 7) is 5.55. The summed E-state index contributed by atoms with van der Waals surface area (Å²) in [6.07, 6.45) is 3.28. The number of anilines is 1. The van der Waals surface area contributed by atoms with Gasteiger partial charge in [0, 0.05) is 5.69 Å². The number of unbranched alkanes of at least 4 members (excludes halogenated alkanes) is 1. The van der Waals surface area contributed by atoms with Crippen molar-refractivity contribution in [3.63, 3.8) is 0 Å². The first-order valence-corrected chi connectivity index (χ1v) is 10.3. The summed E-state index contributed by atoms with van der Waals surface area (Å²) in [5.74, 6) is -0.401. The second-order valence-corrected chi connectivity index (χ2v) is 8.16. The first kappa shape index (κ1) is 20.1. The van der Waals surface area contributed by atoms with E-state index in [9.17, 15) is 13.2 Å².